The Morgan fingerprint density at radius 1 is 1.08 bits per heavy atom. The predicted octanol–water partition coefficient (Wildman–Crippen LogP) is 8.20. The van der Waals surface area contributed by atoms with Crippen LogP contribution in [-0.4, -0.2) is 28.0 Å². The molecule has 0 amide bonds. The maximum Gasteiger partial charge on any atom is 0.264 e. The van der Waals surface area contributed by atoms with Crippen LogP contribution in [0.3, 0.4) is 0 Å². The Morgan fingerprint density at radius 3 is 2.26 bits per heavy atom. The van der Waals surface area contributed by atoms with Gasteiger partial charge < -0.3 is 4.43 Å². The molecule has 3 aliphatic rings. The zero-order chi connectivity index (χ0) is 28.2. The van der Waals surface area contributed by atoms with Crippen molar-refractivity contribution in [3.05, 3.63) is 52.6 Å². The van der Waals surface area contributed by atoms with Crippen LogP contribution in [0.1, 0.15) is 107 Å². The van der Waals surface area contributed by atoms with Gasteiger partial charge >= 0.3 is 0 Å². The van der Waals surface area contributed by atoms with E-state index >= 15 is 0 Å². The van der Waals surface area contributed by atoms with Gasteiger partial charge in [0, 0.05) is 28.4 Å². The van der Waals surface area contributed by atoms with Crippen molar-refractivity contribution >= 4 is 18.4 Å². The van der Waals surface area contributed by atoms with Crippen LogP contribution in [0.4, 0.5) is 4.39 Å². The van der Waals surface area contributed by atoms with Crippen LogP contribution in [0.25, 0.3) is 11.1 Å². The van der Waals surface area contributed by atoms with E-state index in [0.29, 0.717) is 0 Å². The Labute approximate surface area is 235 Å². The van der Waals surface area contributed by atoms with Crippen molar-refractivity contribution in [2.45, 2.75) is 115 Å². The predicted molar refractivity (Wildman–Crippen MR) is 156 cm³/mol. The lowest BCUT2D eigenvalue weighted by Gasteiger charge is -2.51. The maximum absolute atomic E-state index is 14.1. The standard InChI is InChI=1S/C31H44FNO4SSi/c1-30(2,3)39(5,6)37-26-19-31(16-9-17-31)18-25-28(26)27(21-12-14-23(32)15-13-21)24(20-36-38(4,34)35)29(33-25)22-10-7-8-11-22/h12-15,22,26H,7-11,16-20H2,1-6H3. The van der Waals surface area contributed by atoms with Gasteiger partial charge in [-0.15, -0.1) is 0 Å². The third-order valence-electron chi connectivity index (χ3n) is 9.88. The molecule has 1 atom stereocenters. The molecule has 5 rings (SSSR count). The fourth-order valence-corrected chi connectivity index (χ4v) is 8.20. The van der Waals surface area contributed by atoms with Gasteiger partial charge in [-0.1, -0.05) is 52.2 Å². The second-order valence-corrected chi connectivity index (χ2v) is 20.2. The number of hydrogen-bond donors (Lipinski definition) is 0. The summed E-state index contributed by atoms with van der Waals surface area (Å²) in [4.78, 5) is 5.41. The normalized spacial score (nSPS) is 21.7. The SMILES string of the molecule is CC(C)(C)[Si](C)(C)OC1CC2(CCC2)Cc2nc(C3CCCC3)c(COS(C)(=O)=O)c(-c3ccc(F)cc3)c21. The summed E-state index contributed by atoms with van der Waals surface area (Å²) in [5.41, 5.74) is 5.98. The third-order valence-corrected chi connectivity index (χ3v) is 14.9. The summed E-state index contributed by atoms with van der Waals surface area (Å²) in [6.07, 6.45) is 10.8. The quantitative estimate of drug-likeness (QED) is 0.247. The van der Waals surface area contributed by atoms with Crippen LogP contribution in [0.2, 0.25) is 18.1 Å². The van der Waals surface area contributed by atoms with E-state index in [9.17, 15) is 12.8 Å². The second-order valence-electron chi connectivity index (χ2n) is 13.8. The summed E-state index contributed by atoms with van der Waals surface area (Å²) in [6, 6.07) is 6.59. The number of aromatic nitrogens is 1. The van der Waals surface area contributed by atoms with Crippen molar-refractivity contribution in [3.8, 4) is 11.1 Å². The number of nitrogens with zero attached hydrogens (tertiary/aromatic N) is 1. The molecule has 1 aromatic heterocycles. The number of pyridine rings is 1. The van der Waals surface area contributed by atoms with Gasteiger partial charge in [-0.3, -0.25) is 9.17 Å². The van der Waals surface area contributed by atoms with Gasteiger partial charge in [0.1, 0.15) is 5.82 Å². The highest BCUT2D eigenvalue weighted by Crippen LogP contribution is 2.58. The molecule has 0 N–H and O–H groups in total. The molecule has 214 valence electrons. The van der Waals surface area contributed by atoms with E-state index in [4.69, 9.17) is 13.6 Å². The van der Waals surface area contributed by atoms with Gasteiger partial charge in [-0.25, -0.2) is 4.39 Å². The highest BCUT2D eigenvalue weighted by atomic mass is 32.2. The Morgan fingerprint density at radius 2 is 1.72 bits per heavy atom. The fraction of sp³-hybridized carbons (Fsp3) is 0.645. The average molecular weight is 574 g/mol. The molecule has 5 nitrogen and oxygen atoms in total. The van der Waals surface area contributed by atoms with Gasteiger partial charge in [-0.2, -0.15) is 8.42 Å². The zero-order valence-electron chi connectivity index (χ0n) is 24.4. The van der Waals surface area contributed by atoms with Gasteiger partial charge in [0.05, 0.1) is 19.0 Å². The summed E-state index contributed by atoms with van der Waals surface area (Å²) in [6.45, 7) is 11.3. The second kappa shape index (κ2) is 10.3. The Balaban J connectivity index is 1.77. The fourth-order valence-electron chi connectivity index (χ4n) is 6.60. The lowest BCUT2D eigenvalue weighted by Crippen LogP contribution is -2.46. The molecule has 1 unspecified atom stereocenters. The van der Waals surface area contributed by atoms with Crippen LogP contribution in [0.5, 0.6) is 0 Å². The van der Waals surface area contributed by atoms with Crippen LogP contribution in [0, 0.1) is 11.2 Å². The third kappa shape index (κ3) is 5.90. The first-order valence-corrected chi connectivity index (χ1v) is 19.2. The molecule has 2 fully saturated rings. The van der Waals surface area contributed by atoms with Crippen LogP contribution in [0.15, 0.2) is 24.3 Å². The molecule has 0 aliphatic heterocycles. The highest BCUT2D eigenvalue weighted by molar-refractivity contribution is 7.85. The molecular weight excluding hydrogens is 529 g/mol. The molecule has 2 saturated carbocycles. The van der Waals surface area contributed by atoms with Gasteiger partial charge in [-0.05, 0) is 85.3 Å². The lowest BCUT2D eigenvalue weighted by molar-refractivity contribution is 0.0302. The van der Waals surface area contributed by atoms with E-state index in [1.54, 1.807) is 0 Å². The summed E-state index contributed by atoms with van der Waals surface area (Å²) in [7, 11) is -5.84. The number of hydrogen-bond acceptors (Lipinski definition) is 5. The van der Waals surface area contributed by atoms with Gasteiger partial charge in [0.15, 0.2) is 8.32 Å². The number of benzene rings is 1. The number of halogens is 1. The average Bonchev–Trinajstić information content (AvgIpc) is 3.35. The van der Waals surface area contributed by atoms with Crippen LogP contribution >= 0.6 is 0 Å². The Kier molecular flexibility index (Phi) is 7.66. The smallest absolute Gasteiger partial charge is 0.264 e. The van der Waals surface area contributed by atoms with E-state index < -0.39 is 18.4 Å². The highest BCUT2D eigenvalue weighted by Gasteiger charge is 2.49. The van der Waals surface area contributed by atoms with Crippen LogP contribution in [-0.2, 0) is 31.8 Å². The van der Waals surface area contributed by atoms with Crippen LogP contribution < -0.4 is 0 Å². The topological polar surface area (TPSA) is 65.5 Å². The maximum atomic E-state index is 14.1. The van der Waals surface area contributed by atoms with Gasteiger partial charge in [0.25, 0.3) is 10.1 Å². The monoisotopic (exact) mass is 573 g/mol. The lowest BCUT2D eigenvalue weighted by atomic mass is 9.59. The molecular formula is C31H44FNO4SSi. The molecule has 8 heteroatoms. The minimum Gasteiger partial charge on any atom is -0.410 e. The molecule has 0 bridgehead atoms. The van der Waals surface area contributed by atoms with Crippen molar-refractivity contribution in [1.82, 2.24) is 4.98 Å². The minimum absolute atomic E-state index is 0.0346. The minimum atomic E-state index is -3.68. The van der Waals surface area contributed by atoms with E-state index in [2.05, 4.69) is 33.9 Å². The van der Waals surface area contributed by atoms with E-state index in [1.807, 2.05) is 12.1 Å². The molecule has 1 spiro atoms. The van der Waals surface area contributed by atoms with E-state index in [-0.39, 0.29) is 34.9 Å². The molecule has 0 radical (unpaired) electrons. The number of fused-ring (bicyclic) bond motifs is 1. The first-order valence-electron chi connectivity index (χ1n) is 14.5. The molecule has 39 heavy (non-hydrogen) atoms. The van der Waals surface area contributed by atoms with Gasteiger partial charge in [0.2, 0.25) is 0 Å². The molecule has 2 aromatic rings. The number of rotatable bonds is 7. The summed E-state index contributed by atoms with van der Waals surface area (Å²) in [5, 5.41) is 0.0346. The first-order chi connectivity index (χ1) is 18.2. The largest absolute Gasteiger partial charge is 0.410 e. The van der Waals surface area contributed by atoms with Crippen molar-refractivity contribution in [2.24, 2.45) is 5.41 Å². The molecule has 1 aromatic carbocycles. The summed E-state index contributed by atoms with van der Waals surface area (Å²) < 4.78 is 51.2. The van der Waals surface area contributed by atoms with E-state index in [1.165, 1.54) is 31.4 Å². The molecule has 3 aliphatic carbocycles. The van der Waals surface area contributed by atoms with E-state index in [0.717, 1.165) is 78.4 Å². The molecule has 0 saturated heterocycles. The summed E-state index contributed by atoms with van der Waals surface area (Å²) >= 11 is 0. The summed E-state index contributed by atoms with van der Waals surface area (Å²) in [5.74, 6) is -0.0270. The van der Waals surface area contributed by atoms with Crippen molar-refractivity contribution < 1.29 is 21.4 Å². The Bertz CT molecular complexity index is 1320. The zero-order valence-corrected chi connectivity index (χ0v) is 26.2. The molecule has 1 heterocycles. The Hall–Kier alpha value is -1.61. The first kappa shape index (κ1) is 28.9. The van der Waals surface area contributed by atoms with Crippen molar-refractivity contribution in [3.63, 3.8) is 0 Å². The van der Waals surface area contributed by atoms with Crippen molar-refractivity contribution in [2.75, 3.05) is 6.26 Å². The van der Waals surface area contributed by atoms with Crippen molar-refractivity contribution in [1.29, 1.82) is 0 Å².